The summed E-state index contributed by atoms with van der Waals surface area (Å²) in [6, 6.07) is 8.51. The Balaban J connectivity index is 2.32. The topological polar surface area (TPSA) is 26.0 Å². The van der Waals surface area contributed by atoms with Crippen molar-refractivity contribution in [3.63, 3.8) is 0 Å². The molecule has 1 unspecified atom stereocenters. The molecule has 21 heavy (non-hydrogen) atoms. The summed E-state index contributed by atoms with van der Waals surface area (Å²) in [6.45, 7) is 0. The van der Waals surface area contributed by atoms with Gasteiger partial charge in [0.1, 0.15) is 5.82 Å². The molecule has 0 heterocycles. The zero-order valence-corrected chi connectivity index (χ0v) is 12.4. The monoisotopic (exact) mass is 361 g/mol. The second-order valence-corrected chi connectivity index (χ2v) is 5.58. The van der Waals surface area contributed by atoms with E-state index in [1.165, 1.54) is 0 Å². The Morgan fingerprint density at radius 2 is 1.67 bits per heavy atom. The number of alkyl halides is 3. The Morgan fingerprint density at radius 1 is 1.05 bits per heavy atom. The zero-order chi connectivity index (χ0) is 15.6. The Labute approximate surface area is 127 Å². The van der Waals surface area contributed by atoms with Crippen molar-refractivity contribution in [2.75, 3.05) is 0 Å². The highest BCUT2D eigenvalue weighted by Crippen LogP contribution is 2.35. The van der Waals surface area contributed by atoms with E-state index in [1.54, 1.807) is 24.3 Å². The zero-order valence-electron chi connectivity index (χ0n) is 10.8. The Hall–Kier alpha value is -1.40. The van der Waals surface area contributed by atoms with Crippen molar-refractivity contribution in [3.8, 4) is 0 Å². The number of hydrogen-bond donors (Lipinski definition) is 1. The molecule has 0 fully saturated rings. The van der Waals surface area contributed by atoms with Crippen LogP contribution in [0.1, 0.15) is 22.7 Å². The molecule has 0 spiro atoms. The van der Waals surface area contributed by atoms with E-state index in [9.17, 15) is 17.6 Å². The van der Waals surface area contributed by atoms with Crippen LogP contribution in [0, 0.1) is 5.82 Å². The molecule has 1 atom stereocenters. The van der Waals surface area contributed by atoms with Crippen LogP contribution < -0.4 is 5.73 Å². The lowest BCUT2D eigenvalue weighted by molar-refractivity contribution is -0.138. The maximum Gasteiger partial charge on any atom is 0.416 e. The minimum Gasteiger partial charge on any atom is -0.324 e. The number of halogens is 5. The van der Waals surface area contributed by atoms with Crippen LogP contribution in [0.25, 0.3) is 0 Å². The molecule has 0 aromatic heterocycles. The second-order valence-electron chi connectivity index (χ2n) is 4.67. The van der Waals surface area contributed by atoms with E-state index in [2.05, 4.69) is 15.9 Å². The number of benzene rings is 2. The van der Waals surface area contributed by atoms with Gasteiger partial charge in [-0.1, -0.05) is 28.1 Å². The normalized spacial score (nSPS) is 13.2. The third-order valence-corrected chi connectivity index (χ3v) is 3.62. The second kappa shape index (κ2) is 6.15. The Morgan fingerprint density at radius 3 is 2.24 bits per heavy atom. The van der Waals surface area contributed by atoms with Gasteiger partial charge >= 0.3 is 6.18 Å². The average molecular weight is 362 g/mol. The third-order valence-electron chi connectivity index (χ3n) is 3.09. The first-order chi connectivity index (χ1) is 9.77. The molecule has 6 heteroatoms. The highest BCUT2D eigenvalue weighted by Gasteiger charge is 2.34. The molecule has 0 aliphatic rings. The highest BCUT2D eigenvalue weighted by molar-refractivity contribution is 9.10. The minimum atomic E-state index is -4.56. The lowest BCUT2D eigenvalue weighted by Gasteiger charge is -2.18. The minimum absolute atomic E-state index is 0.194. The van der Waals surface area contributed by atoms with Gasteiger partial charge in [0.25, 0.3) is 0 Å². The van der Waals surface area contributed by atoms with Crippen molar-refractivity contribution in [3.05, 3.63) is 69.4 Å². The lowest BCUT2D eigenvalue weighted by atomic mass is 9.95. The first kappa shape index (κ1) is 16.0. The van der Waals surface area contributed by atoms with Crippen molar-refractivity contribution in [1.29, 1.82) is 0 Å². The SMILES string of the molecule is NC(Cc1ccc(Br)cc1)c1cc(F)ccc1C(F)(F)F. The smallest absolute Gasteiger partial charge is 0.324 e. The van der Waals surface area contributed by atoms with Crippen LogP contribution in [-0.4, -0.2) is 0 Å². The van der Waals surface area contributed by atoms with Crippen LogP contribution >= 0.6 is 15.9 Å². The largest absolute Gasteiger partial charge is 0.416 e. The molecule has 112 valence electrons. The van der Waals surface area contributed by atoms with Crippen molar-refractivity contribution in [2.24, 2.45) is 5.73 Å². The highest BCUT2D eigenvalue weighted by atomic mass is 79.9. The molecule has 0 saturated carbocycles. The molecule has 0 aliphatic heterocycles. The summed E-state index contributed by atoms with van der Waals surface area (Å²) in [6.07, 6.45) is -4.36. The fourth-order valence-corrected chi connectivity index (χ4v) is 2.35. The Kier molecular flexibility index (Phi) is 4.68. The van der Waals surface area contributed by atoms with Crippen LogP contribution in [0.4, 0.5) is 17.6 Å². The summed E-state index contributed by atoms with van der Waals surface area (Å²) < 4.78 is 53.0. The molecule has 0 saturated heterocycles. The summed E-state index contributed by atoms with van der Waals surface area (Å²) in [7, 11) is 0. The molecule has 0 radical (unpaired) electrons. The van der Waals surface area contributed by atoms with Gasteiger partial charge < -0.3 is 5.73 Å². The lowest BCUT2D eigenvalue weighted by Crippen LogP contribution is -2.19. The number of nitrogens with two attached hydrogens (primary N) is 1. The molecule has 2 aromatic rings. The van der Waals surface area contributed by atoms with E-state index >= 15 is 0 Å². The molecule has 2 rings (SSSR count). The quantitative estimate of drug-likeness (QED) is 0.777. The van der Waals surface area contributed by atoms with E-state index in [4.69, 9.17) is 5.73 Å². The molecule has 2 N–H and O–H groups in total. The van der Waals surface area contributed by atoms with Crippen LogP contribution in [-0.2, 0) is 12.6 Å². The molecule has 2 aromatic carbocycles. The first-order valence-electron chi connectivity index (χ1n) is 6.14. The fraction of sp³-hybridized carbons (Fsp3) is 0.200. The summed E-state index contributed by atoms with van der Waals surface area (Å²) in [5.74, 6) is -0.732. The van der Waals surface area contributed by atoms with Crippen molar-refractivity contribution in [2.45, 2.75) is 18.6 Å². The number of hydrogen-bond acceptors (Lipinski definition) is 1. The average Bonchev–Trinajstić information content (AvgIpc) is 2.40. The van der Waals surface area contributed by atoms with Crippen LogP contribution in [0.2, 0.25) is 0 Å². The van der Waals surface area contributed by atoms with E-state index in [-0.39, 0.29) is 12.0 Å². The summed E-state index contributed by atoms with van der Waals surface area (Å²) in [5, 5.41) is 0. The first-order valence-corrected chi connectivity index (χ1v) is 6.93. The van der Waals surface area contributed by atoms with Crippen molar-refractivity contribution in [1.82, 2.24) is 0 Å². The van der Waals surface area contributed by atoms with Crippen molar-refractivity contribution < 1.29 is 17.6 Å². The van der Waals surface area contributed by atoms with Gasteiger partial charge in [-0.05, 0) is 47.9 Å². The van der Waals surface area contributed by atoms with Gasteiger partial charge in [-0.2, -0.15) is 13.2 Å². The summed E-state index contributed by atoms with van der Waals surface area (Å²) in [4.78, 5) is 0. The predicted octanol–water partition coefficient (Wildman–Crippen LogP) is 4.85. The Bertz CT molecular complexity index is 623. The van der Waals surface area contributed by atoms with Gasteiger partial charge in [0, 0.05) is 10.5 Å². The van der Waals surface area contributed by atoms with E-state index in [0.717, 1.165) is 28.2 Å². The molecule has 0 amide bonds. The van der Waals surface area contributed by atoms with E-state index in [0.29, 0.717) is 0 Å². The van der Waals surface area contributed by atoms with Crippen molar-refractivity contribution >= 4 is 15.9 Å². The molecular weight excluding hydrogens is 350 g/mol. The van der Waals surface area contributed by atoms with E-state index < -0.39 is 23.6 Å². The molecule has 0 aliphatic carbocycles. The molecule has 1 nitrogen and oxygen atoms in total. The summed E-state index contributed by atoms with van der Waals surface area (Å²) in [5.41, 5.74) is 5.51. The van der Waals surface area contributed by atoms with Crippen LogP contribution in [0.3, 0.4) is 0 Å². The molecule has 0 bridgehead atoms. The number of rotatable bonds is 3. The van der Waals surface area contributed by atoms with Crippen LogP contribution in [0.5, 0.6) is 0 Å². The van der Waals surface area contributed by atoms with E-state index in [1.807, 2.05) is 0 Å². The van der Waals surface area contributed by atoms with Gasteiger partial charge in [-0.25, -0.2) is 4.39 Å². The van der Waals surface area contributed by atoms with Gasteiger partial charge in [0.2, 0.25) is 0 Å². The standard InChI is InChI=1S/C15H12BrF4N/c16-10-3-1-9(2-4-10)7-14(21)12-8-11(17)5-6-13(12)15(18,19)20/h1-6,8,14H,7,21H2. The fourth-order valence-electron chi connectivity index (χ4n) is 2.08. The van der Waals surface area contributed by atoms with Gasteiger partial charge in [0.05, 0.1) is 5.56 Å². The maximum atomic E-state index is 13.3. The van der Waals surface area contributed by atoms with Gasteiger partial charge in [-0.3, -0.25) is 0 Å². The molecular formula is C15H12BrF4N. The third kappa shape index (κ3) is 4.04. The van der Waals surface area contributed by atoms with Gasteiger partial charge in [0.15, 0.2) is 0 Å². The van der Waals surface area contributed by atoms with Gasteiger partial charge in [-0.15, -0.1) is 0 Å². The predicted molar refractivity (Wildman–Crippen MR) is 76.2 cm³/mol. The van der Waals surface area contributed by atoms with Crippen LogP contribution in [0.15, 0.2) is 46.9 Å². The maximum absolute atomic E-state index is 13.3. The summed E-state index contributed by atoms with van der Waals surface area (Å²) >= 11 is 3.27.